The van der Waals surface area contributed by atoms with Crippen LogP contribution >= 0.6 is 0 Å². The monoisotopic (exact) mass is 365 g/mol. The van der Waals surface area contributed by atoms with Gasteiger partial charge in [-0.25, -0.2) is 4.79 Å². The average Bonchev–Trinajstić information content (AvgIpc) is 2.89. The molecule has 0 bridgehead atoms. The summed E-state index contributed by atoms with van der Waals surface area (Å²) in [5, 5.41) is 7.78. The fourth-order valence-corrected chi connectivity index (χ4v) is 2.98. The van der Waals surface area contributed by atoms with E-state index in [1.165, 1.54) is 6.21 Å². The second kappa shape index (κ2) is 8.03. The number of benzene rings is 2. The Hall–Kier alpha value is -3.15. The van der Waals surface area contributed by atoms with Gasteiger partial charge < -0.3 is 10.1 Å². The maximum atomic E-state index is 12.8. The third-order valence-electron chi connectivity index (χ3n) is 4.53. The molecule has 0 spiro atoms. The van der Waals surface area contributed by atoms with Crippen LogP contribution in [-0.2, 0) is 11.2 Å². The molecule has 1 heterocycles. The molecular weight excluding hydrogens is 342 g/mol. The SMILES string of the molecule is CCOc1ccccc1/C=N\N1C(=O)N[C@](C)(CCc2ccccc2)C1=O. The highest BCUT2D eigenvalue weighted by Gasteiger charge is 2.47. The van der Waals surface area contributed by atoms with Crippen molar-refractivity contribution in [2.24, 2.45) is 5.10 Å². The molecule has 1 aliphatic heterocycles. The van der Waals surface area contributed by atoms with E-state index in [-0.39, 0.29) is 5.91 Å². The maximum Gasteiger partial charge on any atom is 0.346 e. The minimum atomic E-state index is -0.969. The Morgan fingerprint density at radius 2 is 1.81 bits per heavy atom. The third kappa shape index (κ3) is 4.16. The van der Waals surface area contributed by atoms with Crippen LogP contribution < -0.4 is 10.1 Å². The lowest BCUT2D eigenvalue weighted by atomic mass is 9.93. The van der Waals surface area contributed by atoms with E-state index in [1.807, 2.05) is 61.5 Å². The fraction of sp³-hybridized carbons (Fsp3) is 0.286. The van der Waals surface area contributed by atoms with Crippen molar-refractivity contribution in [3.05, 3.63) is 65.7 Å². The van der Waals surface area contributed by atoms with Crippen LogP contribution in [0.4, 0.5) is 4.79 Å². The molecule has 0 radical (unpaired) electrons. The van der Waals surface area contributed by atoms with Gasteiger partial charge in [0.15, 0.2) is 0 Å². The highest BCUT2D eigenvalue weighted by molar-refractivity contribution is 6.07. The normalized spacial score (nSPS) is 19.6. The largest absolute Gasteiger partial charge is 0.493 e. The first-order chi connectivity index (χ1) is 13.0. The van der Waals surface area contributed by atoms with Gasteiger partial charge in [0, 0.05) is 5.56 Å². The van der Waals surface area contributed by atoms with Gasteiger partial charge in [-0.15, -0.1) is 5.01 Å². The van der Waals surface area contributed by atoms with Gasteiger partial charge >= 0.3 is 6.03 Å². The van der Waals surface area contributed by atoms with E-state index >= 15 is 0 Å². The van der Waals surface area contributed by atoms with Crippen molar-refractivity contribution in [3.8, 4) is 5.75 Å². The number of urea groups is 1. The first-order valence-electron chi connectivity index (χ1n) is 9.00. The highest BCUT2D eigenvalue weighted by Crippen LogP contribution is 2.24. The molecule has 2 aromatic carbocycles. The molecule has 0 unspecified atom stereocenters. The van der Waals surface area contributed by atoms with Crippen LogP contribution in [0.1, 0.15) is 31.4 Å². The second-order valence-corrected chi connectivity index (χ2v) is 6.58. The number of carbonyl (C=O) groups is 2. The Bertz CT molecular complexity index is 851. The third-order valence-corrected chi connectivity index (χ3v) is 4.53. The average molecular weight is 365 g/mol. The van der Waals surface area contributed by atoms with E-state index in [9.17, 15) is 9.59 Å². The van der Waals surface area contributed by atoms with Crippen molar-refractivity contribution < 1.29 is 14.3 Å². The molecular formula is C21H23N3O3. The molecule has 1 N–H and O–H groups in total. The van der Waals surface area contributed by atoms with E-state index in [4.69, 9.17) is 4.74 Å². The van der Waals surface area contributed by atoms with Gasteiger partial charge in [0.2, 0.25) is 0 Å². The van der Waals surface area contributed by atoms with Crippen molar-refractivity contribution in [3.63, 3.8) is 0 Å². The Morgan fingerprint density at radius 1 is 1.11 bits per heavy atom. The molecule has 1 aliphatic rings. The summed E-state index contributed by atoms with van der Waals surface area (Å²) in [6.07, 6.45) is 2.67. The number of nitrogens with one attached hydrogen (secondary N) is 1. The van der Waals surface area contributed by atoms with Crippen LogP contribution in [0, 0.1) is 0 Å². The minimum absolute atomic E-state index is 0.353. The number of para-hydroxylation sites is 1. The van der Waals surface area contributed by atoms with E-state index in [0.29, 0.717) is 30.8 Å². The standard InChI is InChI=1S/C21H23N3O3/c1-3-27-18-12-8-7-11-17(18)15-22-24-19(25)21(2,23-20(24)26)14-13-16-9-5-4-6-10-16/h4-12,15H,3,13-14H2,1-2H3,(H,23,26)/b22-15-/t21-/m1/s1. The highest BCUT2D eigenvalue weighted by atomic mass is 16.5. The van der Waals surface area contributed by atoms with Crippen molar-refractivity contribution in [2.45, 2.75) is 32.2 Å². The van der Waals surface area contributed by atoms with E-state index in [2.05, 4.69) is 10.4 Å². The molecule has 6 nitrogen and oxygen atoms in total. The zero-order valence-electron chi connectivity index (χ0n) is 15.5. The number of hydrogen-bond donors (Lipinski definition) is 1. The van der Waals surface area contributed by atoms with Crippen LogP contribution in [0.25, 0.3) is 0 Å². The summed E-state index contributed by atoms with van der Waals surface area (Å²) in [7, 11) is 0. The first-order valence-corrected chi connectivity index (χ1v) is 9.00. The molecule has 2 aromatic rings. The molecule has 27 heavy (non-hydrogen) atoms. The van der Waals surface area contributed by atoms with Gasteiger partial charge in [-0.2, -0.15) is 5.10 Å². The Morgan fingerprint density at radius 3 is 2.56 bits per heavy atom. The van der Waals surface area contributed by atoms with Gasteiger partial charge in [-0.05, 0) is 44.4 Å². The van der Waals surface area contributed by atoms with Crippen LogP contribution in [0.3, 0.4) is 0 Å². The molecule has 6 heteroatoms. The number of aryl methyl sites for hydroxylation is 1. The minimum Gasteiger partial charge on any atom is -0.493 e. The van der Waals surface area contributed by atoms with Crippen LogP contribution in [0.5, 0.6) is 5.75 Å². The molecule has 3 amide bonds. The van der Waals surface area contributed by atoms with Gasteiger partial charge in [0.05, 0.1) is 12.8 Å². The number of hydrogen-bond acceptors (Lipinski definition) is 4. The molecule has 3 rings (SSSR count). The molecule has 0 aromatic heterocycles. The molecule has 140 valence electrons. The first kappa shape index (κ1) is 18.6. The van der Waals surface area contributed by atoms with Gasteiger partial charge in [0.25, 0.3) is 5.91 Å². The van der Waals surface area contributed by atoms with Crippen molar-refractivity contribution in [1.82, 2.24) is 10.3 Å². The van der Waals surface area contributed by atoms with E-state index < -0.39 is 11.6 Å². The number of nitrogens with zero attached hydrogens (tertiary/aromatic N) is 2. The number of ether oxygens (including phenoxy) is 1. The lowest BCUT2D eigenvalue weighted by Gasteiger charge is -2.20. The number of hydrazone groups is 1. The van der Waals surface area contributed by atoms with Crippen molar-refractivity contribution >= 4 is 18.2 Å². The Kier molecular flexibility index (Phi) is 5.54. The fourth-order valence-electron chi connectivity index (χ4n) is 2.98. The van der Waals surface area contributed by atoms with Gasteiger partial charge in [0.1, 0.15) is 11.3 Å². The summed E-state index contributed by atoms with van der Waals surface area (Å²) < 4.78 is 5.54. The Balaban J connectivity index is 1.72. The number of rotatable bonds is 7. The quantitative estimate of drug-likeness (QED) is 0.604. The smallest absolute Gasteiger partial charge is 0.346 e. The molecule has 1 atom stereocenters. The van der Waals surface area contributed by atoms with E-state index in [0.717, 1.165) is 10.6 Å². The van der Waals surface area contributed by atoms with Crippen molar-refractivity contribution in [1.29, 1.82) is 0 Å². The summed E-state index contributed by atoms with van der Waals surface area (Å²) in [5.74, 6) is 0.302. The van der Waals surface area contributed by atoms with Gasteiger partial charge in [-0.3, -0.25) is 4.79 Å². The van der Waals surface area contributed by atoms with Gasteiger partial charge in [-0.1, -0.05) is 42.5 Å². The second-order valence-electron chi connectivity index (χ2n) is 6.58. The lowest BCUT2D eigenvalue weighted by Crippen LogP contribution is -2.44. The zero-order chi connectivity index (χ0) is 19.3. The summed E-state index contributed by atoms with van der Waals surface area (Å²) >= 11 is 0. The molecule has 0 saturated carbocycles. The summed E-state index contributed by atoms with van der Waals surface area (Å²) in [6.45, 7) is 4.15. The van der Waals surface area contributed by atoms with Crippen LogP contribution in [0.15, 0.2) is 59.7 Å². The summed E-state index contributed by atoms with van der Waals surface area (Å²) in [4.78, 5) is 25.1. The summed E-state index contributed by atoms with van der Waals surface area (Å²) in [5.41, 5.74) is 0.857. The number of amides is 3. The zero-order valence-corrected chi connectivity index (χ0v) is 15.5. The number of imide groups is 1. The molecule has 0 aliphatic carbocycles. The predicted octanol–water partition coefficient (Wildman–Crippen LogP) is 3.36. The maximum absolute atomic E-state index is 12.8. The van der Waals surface area contributed by atoms with Crippen LogP contribution in [-0.4, -0.2) is 35.3 Å². The molecule has 1 saturated heterocycles. The van der Waals surface area contributed by atoms with Crippen molar-refractivity contribution in [2.75, 3.05) is 6.61 Å². The predicted molar refractivity (Wildman–Crippen MR) is 104 cm³/mol. The van der Waals surface area contributed by atoms with E-state index in [1.54, 1.807) is 6.92 Å². The lowest BCUT2D eigenvalue weighted by molar-refractivity contribution is -0.130. The topological polar surface area (TPSA) is 71.0 Å². The number of carbonyl (C=O) groups excluding carboxylic acids is 2. The Labute approximate surface area is 158 Å². The summed E-state index contributed by atoms with van der Waals surface area (Å²) in [6, 6.07) is 16.7. The van der Waals surface area contributed by atoms with Crippen LogP contribution in [0.2, 0.25) is 0 Å². The molecule has 1 fully saturated rings.